The Bertz CT molecular complexity index is 1200. The van der Waals surface area contributed by atoms with Gasteiger partial charge in [-0.25, -0.2) is 13.4 Å². The lowest BCUT2D eigenvalue weighted by atomic mass is 9.96. The molecule has 33 heavy (non-hydrogen) atoms. The van der Waals surface area contributed by atoms with Gasteiger partial charge in [0, 0.05) is 32.1 Å². The van der Waals surface area contributed by atoms with E-state index in [2.05, 4.69) is 24.0 Å². The molecular formula is C23H30N4O3S3. The van der Waals surface area contributed by atoms with Crippen molar-refractivity contribution in [1.29, 1.82) is 0 Å². The van der Waals surface area contributed by atoms with Gasteiger partial charge in [-0.05, 0) is 62.5 Å². The summed E-state index contributed by atoms with van der Waals surface area (Å²) < 4.78 is 28.6. The zero-order chi connectivity index (χ0) is 23.6. The Kier molecular flexibility index (Phi) is 7.49. The smallest absolute Gasteiger partial charge is 0.252 e. The van der Waals surface area contributed by atoms with Crippen LogP contribution in [0.3, 0.4) is 0 Å². The highest BCUT2D eigenvalue weighted by molar-refractivity contribution is 7.91. The van der Waals surface area contributed by atoms with E-state index in [1.807, 2.05) is 25.1 Å². The van der Waals surface area contributed by atoms with E-state index >= 15 is 0 Å². The Morgan fingerprint density at radius 3 is 2.58 bits per heavy atom. The second-order valence-corrected chi connectivity index (χ2v) is 12.7. The lowest BCUT2D eigenvalue weighted by molar-refractivity contribution is -0.123. The van der Waals surface area contributed by atoms with Crippen molar-refractivity contribution in [3.8, 4) is 0 Å². The zero-order valence-electron chi connectivity index (χ0n) is 19.2. The number of rotatable bonds is 8. The largest absolute Gasteiger partial charge is 0.308 e. The van der Waals surface area contributed by atoms with Gasteiger partial charge < -0.3 is 4.90 Å². The fraction of sp³-hybridized carbons (Fsp3) is 0.478. The number of hydrogen-bond acceptors (Lipinski definition) is 7. The molecule has 3 heterocycles. The van der Waals surface area contributed by atoms with Crippen LogP contribution in [0.15, 0.2) is 39.9 Å². The number of aryl methyl sites for hydroxylation is 1. The maximum Gasteiger partial charge on any atom is 0.252 e. The Hall–Kier alpha value is -1.85. The number of amides is 1. The summed E-state index contributed by atoms with van der Waals surface area (Å²) in [7, 11) is 0.501. The van der Waals surface area contributed by atoms with Crippen LogP contribution >= 0.6 is 22.7 Å². The maximum atomic E-state index is 13.6. The topological polar surface area (TPSA) is 73.8 Å². The number of fused-ring (bicyclic) bond motifs is 1. The summed E-state index contributed by atoms with van der Waals surface area (Å²) in [6.45, 7) is 4.13. The van der Waals surface area contributed by atoms with Crippen LogP contribution < -0.4 is 4.90 Å². The number of hydrogen-bond donors (Lipinski definition) is 0. The highest BCUT2D eigenvalue weighted by atomic mass is 32.2. The molecule has 1 aliphatic rings. The Labute approximate surface area is 203 Å². The molecule has 3 aromatic rings. The summed E-state index contributed by atoms with van der Waals surface area (Å²) >= 11 is 2.78. The predicted molar refractivity (Wildman–Crippen MR) is 136 cm³/mol. The third-order valence-corrected chi connectivity index (χ3v) is 10.3. The minimum atomic E-state index is -3.48. The van der Waals surface area contributed by atoms with E-state index in [0.717, 1.165) is 28.3 Å². The molecule has 2 aromatic heterocycles. The molecule has 1 aliphatic heterocycles. The molecule has 10 heteroatoms. The van der Waals surface area contributed by atoms with Crippen LogP contribution in [-0.2, 0) is 21.2 Å². The molecule has 0 N–H and O–H groups in total. The molecule has 7 nitrogen and oxygen atoms in total. The molecule has 178 valence electrons. The molecule has 0 atom stereocenters. The number of likely N-dealkylation sites (N-methyl/N-ethyl adjacent to an activating group) is 1. The minimum absolute atomic E-state index is 0.0415. The van der Waals surface area contributed by atoms with E-state index in [1.54, 1.807) is 28.8 Å². The van der Waals surface area contributed by atoms with Gasteiger partial charge in [0.1, 0.15) is 4.21 Å². The van der Waals surface area contributed by atoms with Crippen molar-refractivity contribution < 1.29 is 13.2 Å². The summed E-state index contributed by atoms with van der Waals surface area (Å²) in [4.78, 5) is 22.2. The molecule has 1 saturated heterocycles. The number of benzene rings is 1. The van der Waals surface area contributed by atoms with Gasteiger partial charge in [-0.3, -0.25) is 9.69 Å². The highest BCUT2D eigenvalue weighted by Gasteiger charge is 2.35. The van der Waals surface area contributed by atoms with Crippen molar-refractivity contribution in [2.75, 3.05) is 45.2 Å². The Balaban J connectivity index is 1.52. The molecule has 0 spiro atoms. The van der Waals surface area contributed by atoms with Crippen molar-refractivity contribution in [2.24, 2.45) is 5.92 Å². The van der Waals surface area contributed by atoms with Crippen LogP contribution in [0.5, 0.6) is 0 Å². The lowest BCUT2D eigenvalue weighted by Gasteiger charge is -2.33. The van der Waals surface area contributed by atoms with Gasteiger partial charge in [0.15, 0.2) is 5.13 Å². The maximum absolute atomic E-state index is 13.6. The zero-order valence-corrected chi connectivity index (χ0v) is 21.7. The van der Waals surface area contributed by atoms with Gasteiger partial charge in [0.25, 0.3) is 10.0 Å². The van der Waals surface area contributed by atoms with Crippen molar-refractivity contribution in [3.63, 3.8) is 0 Å². The monoisotopic (exact) mass is 506 g/mol. The van der Waals surface area contributed by atoms with E-state index in [9.17, 15) is 13.2 Å². The average Bonchev–Trinajstić information content (AvgIpc) is 3.49. The number of nitrogens with zero attached hydrogens (tertiary/aromatic N) is 4. The first-order chi connectivity index (χ1) is 15.8. The van der Waals surface area contributed by atoms with E-state index in [-0.39, 0.29) is 11.8 Å². The second-order valence-electron chi connectivity index (χ2n) is 8.56. The first kappa shape index (κ1) is 24.3. The van der Waals surface area contributed by atoms with Gasteiger partial charge in [0.2, 0.25) is 5.91 Å². The van der Waals surface area contributed by atoms with E-state index < -0.39 is 10.0 Å². The summed E-state index contributed by atoms with van der Waals surface area (Å²) in [6, 6.07) is 9.65. The second kappa shape index (κ2) is 10.2. The molecule has 0 saturated carbocycles. The number of sulfonamides is 1. The van der Waals surface area contributed by atoms with Crippen LogP contribution in [0.4, 0.5) is 5.13 Å². The van der Waals surface area contributed by atoms with Crippen LogP contribution in [0.25, 0.3) is 10.2 Å². The van der Waals surface area contributed by atoms with Gasteiger partial charge in [-0.2, -0.15) is 4.31 Å². The van der Waals surface area contributed by atoms with E-state index in [0.29, 0.717) is 36.7 Å². The van der Waals surface area contributed by atoms with E-state index in [4.69, 9.17) is 4.98 Å². The van der Waals surface area contributed by atoms with Crippen molar-refractivity contribution in [2.45, 2.75) is 30.4 Å². The highest BCUT2D eigenvalue weighted by Crippen LogP contribution is 2.33. The van der Waals surface area contributed by atoms with Crippen LogP contribution in [0.2, 0.25) is 0 Å². The number of carbonyl (C=O) groups is 1. The SMILES string of the molecule is CCc1ccc2nc(N(CCN(C)C)C(=O)C3CCN(S(=O)(=O)c4cccs4)CC3)sc2c1. The number of thiazole rings is 1. The number of aromatic nitrogens is 1. The third-order valence-electron chi connectivity index (χ3n) is 6.01. The van der Waals surface area contributed by atoms with Gasteiger partial charge in [0.05, 0.1) is 10.2 Å². The third kappa shape index (κ3) is 5.30. The first-order valence-corrected chi connectivity index (χ1v) is 14.3. The van der Waals surface area contributed by atoms with Gasteiger partial charge in [-0.15, -0.1) is 11.3 Å². The lowest BCUT2D eigenvalue weighted by Crippen LogP contribution is -2.45. The number of piperidine rings is 1. The number of carbonyl (C=O) groups excluding carboxylic acids is 1. The van der Waals surface area contributed by atoms with Crippen molar-refractivity contribution in [3.05, 3.63) is 41.3 Å². The molecule has 0 aliphatic carbocycles. The van der Waals surface area contributed by atoms with Gasteiger partial charge in [-0.1, -0.05) is 30.4 Å². The molecule has 0 unspecified atom stereocenters. The summed E-state index contributed by atoms with van der Waals surface area (Å²) in [5, 5.41) is 2.49. The van der Waals surface area contributed by atoms with Crippen LogP contribution in [0.1, 0.15) is 25.3 Å². The fourth-order valence-electron chi connectivity index (χ4n) is 3.99. The molecule has 0 bridgehead atoms. The summed E-state index contributed by atoms with van der Waals surface area (Å²) in [6.07, 6.45) is 2.00. The van der Waals surface area contributed by atoms with E-state index in [1.165, 1.54) is 21.2 Å². The first-order valence-electron chi connectivity index (χ1n) is 11.2. The fourth-order valence-corrected chi connectivity index (χ4v) is 7.67. The molecule has 1 aromatic carbocycles. The molecule has 0 radical (unpaired) electrons. The number of anilines is 1. The standard InChI is InChI=1S/C23H30N4O3S3/c1-4-17-7-8-19-20(16-17)32-23(24-19)27(14-13-25(2)3)22(28)18-9-11-26(12-10-18)33(29,30)21-6-5-15-31-21/h5-8,15-16,18H,4,9-14H2,1-3H3. The number of thiophene rings is 1. The normalized spacial score (nSPS) is 16.0. The Morgan fingerprint density at radius 2 is 1.94 bits per heavy atom. The molecule has 1 fully saturated rings. The van der Waals surface area contributed by atoms with Crippen LogP contribution in [0, 0.1) is 5.92 Å². The van der Waals surface area contributed by atoms with Gasteiger partial charge >= 0.3 is 0 Å². The summed E-state index contributed by atoms with van der Waals surface area (Å²) in [5.41, 5.74) is 2.16. The molecular weight excluding hydrogens is 476 g/mol. The summed E-state index contributed by atoms with van der Waals surface area (Å²) in [5.74, 6) is -0.167. The predicted octanol–water partition coefficient (Wildman–Crippen LogP) is 3.92. The Morgan fingerprint density at radius 1 is 1.18 bits per heavy atom. The van der Waals surface area contributed by atoms with Crippen LogP contribution in [-0.4, -0.2) is 68.8 Å². The molecule has 4 rings (SSSR count). The van der Waals surface area contributed by atoms with Crippen molar-refractivity contribution in [1.82, 2.24) is 14.2 Å². The van der Waals surface area contributed by atoms with Crippen molar-refractivity contribution >= 4 is 54.0 Å². The average molecular weight is 507 g/mol. The quantitative estimate of drug-likeness (QED) is 0.463. The molecule has 1 amide bonds. The minimum Gasteiger partial charge on any atom is -0.308 e.